The molecule has 4 aliphatic carbocycles. The summed E-state index contributed by atoms with van der Waals surface area (Å²) in [6, 6.07) is 0. The highest BCUT2D eigenvalue weighted by atomic mass is 16.1. The zero-order valence-electron chi connectivity index (χ0n) is 14.9. The van der Waals surface area contributed by atoms with Crippen LogP contribution in [0.25, 0.3) is 0 Å². The number of Topliss-reactive ketones (excluding diaryl/α,β-unsaturated/α-hetero) is 1. The lowest BCUT2D eigenvalue weighted by atomic mass is 9.45. The lowest BCUT2D eigenvalue weighted by Gasteiger charge is -2.60. The maximum atomic E-state index is 12.2. The normalized spacial score (nSPS) is 54.2. The van der Waals surface area contributed by atoms with E-state index in [1.54, 1.807) is 0 Å². The number of carbonyl (C=O) groups excluding carboxylic acids is 1. The van der Waals surface area contributed by atoms with Crippen LogP contribution in [0.3, 0.4) is 0 Å². The molecule has 0 aromatic heterocycles. The zero-order chi connectivity index (χ0) is 15.5. The highest BCUT2D eigenvalue weighted by Gasteiger charge is 2.60. The molecule has 4 fully saturated rings. The topological polar surface area (TPSA) is 17.1 Å². The number of rotatable bonds is 1. The molecule has 0 N–H and O–H groups in total. The van der Waals surface area contributed by atoms with Gasteiger partial charge in [0.15, 0.2) is 0 Å². The van der Waals surface area contributed by atoms with Gasteiger partial charge in [0.2, 0.25) is 0 Å². The Morgan fingerprint density at radius 3 is 2.36 bits per heavy atom. The van der Waals surface area contributed by atoms with Crippen molar-refractivity contribution in [3.8, 4) is 0 Å². The molecular formula is C21H34O. The zero-order valence-corrected chi connectivity index (χ0v) is 14.9. The Balaban J connectivity index is 1.63. The number of hydrogen-bond acceptors (Lipinski definition) is 1. The van der Waals surface area contributed by atoms with E-state index in [-0.39, 0.29) is 0 Å². The van der Waals surface area contributed by atoms with Crippen molar-refractivity contribution >= 4 is 5.78 Å². The minimum atomic E-state index is 0.338. The highest BCUT2D eigenvalue weighted by molar-refractivity contribution is 5.79. The monoisotopic (exact) mass is 302 g/mol. The molecule has 0 aromatic carbocycles. The SMILES string of the molecule is CC(=O)C1CC[C@H]2C3CC[C@H]4CCCC[C@]4(C)[C@H]3CC[C@]12C. The quantitative estimate of drug-likeness (QED) is 0.614. The predicted molar refractivity (Wildman–Crippen MR) is 90.5 cm³/mol. The van der Waals surface area contributed by atoms with Crippen LogP contribution >= 0.6 is 0 Å². The Labute approximate surface area is 136 Å². The third-order valence-electron chi connectivity index (χ3n) is 9.07. The summed E-state index contributed by atoms with van der Waals surface area (Å²) in [5.41, 5.74) is 0.974. The van der Waals surface area contributed by atoms with Crippen LogP contribution in [0.5, 0.6) is 0 Å². The van der Waals surface area contributed by atoms with Crippen molar-refractivity contribution in [3.05, 3.63) is 0 Å². The van der Waals surface area contributed by atoms with E-state index in [9.17, 15) is 4.79 Å². The van der Waals surface area contributed by atoms with E-state index in [2.05, 4.69) is 13.8 Å². The lowest BCUT2D eigenvalue weighted by Crippen LogP contribution is -2.53. The lowest BCUT2D eigenvalue weighted by molar-refractivity contribution is -0.133. The molecule has 2 unspecified atom stereocenters. The van der Waals surface area contributed by atoms with Gasteiger partial charge >= 0.3 is 0 Å². The van der Waals surface area contributed by atoms with Gasteiger partial charge in [0, 0.05) is 5.92 Å². The van der Waals surface area contributed by atoms with E-state index in [4.69, 9.17) is 0 Å². The molecule has 0 amide bonds. The fraction of sp³-hybridized carbons (Fsp3) is 0.952. The van der Waals surface area contributed by atoms with Crippen LogP contribution in [0.1, 0.15) is 85.0 Å². The third-order valence-corrected chi connectivity index (χ3v) is 9.07. The molecule has 4 saturated carbocycles. The average molecular weight is 303 g/mol. The van der Waals surface area contributed by atoms with Crippen molar-refractivity contribution < 1.29 is 4.79 Å². The molecule has 4 aliphatic rings. The minimum absolute atomic E-state index is 0.338. The van der Waals surface area contributed by atoms with Crippen LogP contribution < -0.4 is 0 Å². The first-order valence-electron chi connectivity index (χ1n) is 9.97. The number of hydrogen-bond donors (Lipinski definition) is 0. The second-order valence-electron chi connectivity index (χ2n) is 9.69. The summed E-state index contributed by atoms with van der Waals surface area (Å²) in [6.45, 7) is 6.97. The molecule has 0 heterocycles. The molecule has 0 radical (unpaired) electrons. The van der Waals surface area contributed by atoms with E-state index < -0.39 is 0 Å². The first kappa shape index (κ1) is 15.2. The van der Waals surface area contributed by atoms with E-state index >= 15 is 0 Å². The second-order valence-corrected chi connectivity index (χ2v) is 9.69. The van der Waals surface area contributed by atoms with Crippen LogP contribution in [0.4, 0.5) is 0 Å². The summed E-state index contributed by atoms with van der Waals surface area (Å²) in [5.74, 6) is 4.60. The Morgan fingerprint density at radius 1 is 0.818 bits per heavy atom. The molecular weight excluding hydrogens is 268 g/mol. The van der Waals surface area contributed by atoms with Crippen LogP contribution in [0.2, 0.25) is 0 Å². The van der Waals surface area contributed by atoms with Crippen LogP contribution in [0.15, 0.2) is 0 Å². The smallest absolute Gasteiger partial charge is 0.133 e. The van der Waals surface area contributed by atoms with Crippen molar-refractivity contribution in [3.63, 3.8) is 0 Å². The van der Waals surface area contributed by atoms with E-state index in [0.717, 1.165) is 23.7 Å². The molecule has 1 heteroatoms. The van der Waals surface area contributed by atoms with Gasteiger partial charge < -0.3 is 0 Å². The molecule has 1 nitrogen and oxygen atoms in total. The fourth-order valence-corrected chi connectivity index (χ4v) is 7.96. The predicted octanol–water partition coefficient (Wildman–Crippen LogP) is 5.62. The number of carbonyl (C=O) groups is 1. The Bertz CT molecular complexity index is 469. The van der Waals surface area contributed by atoms with Crippen LogP contribution in [-0.2, 0) is 4.79 Å². The van der Waals surface area contributed by atoms with Gasteiger partial charge in [-0.15, -0.1) is 0 Å². The number of fused-ring (bicyclic) bond motifs is 5. The molecule has 0 bridgehead atoms. The van der Waals surface area contributed by atoms with Crippen molar-refractivity contribution in [1.29, 1.82) is 0 Å². The van der Waals surface area contributed by atoms with Crippen LogP contribution in [-0.4, -0.2) is 5.78 Å². The molecule has 0 aromatic rings. The first-order chi connectivity index (χ1) is 10.5. The third kappa shape index (κ3) is 1.93. The van der Waals surface area contributed by atoms with Gasteiger partial charge in [-0.2, -0.15) is 0 Å². The minimum Gasteiger partial charge on any atom is -0.300 e. The van der Waals surface area contributed by atoms with E-state index in [1.807, 2.05) is 6.92 Å². The van der Waals surface area contributed by atoms with E-state index in [1.165, 1.54) is 64.2 Å². The summed E-state index contributed by atoms with van der Waals surface area (Å²) in [4.78, 5) is 12.2. The maximum Gasteiger partial charge on any atom is 0.133 e. The van der Waals surface area contributed by atoms with E-state index in [0.29, 0.717) is 22.5 Å². The maximum absolute atomic E-state index is 12.2. The standard InChI is InChI=1S/C21H34O/c1-14(22)17-9-10-18-16-8-7-15-6-4-5-12-20(15,2)19(16)11-13-21(17,18)3/h15-19H,4-13H2,1-3H3/t15-,16?,17?,18+,19+,20+,21-/m1/s1. The number of ketones is 1. The molecule has 4 rings (SSSR count). The van der Waals surface area contributed by atoms with Crippen molar-refractivity contribution in [2.45, 2.75) is 85.0 Å². The largest absolute Gasteiger partial charge is 0.300 e. The molecule has 0 saturated heterocycles. The fourth-order valence-electron chi connectivity index (χ4n) is 7.96. The van der Waals surface area contributed by atoms with Gasteiger partial charge in [-0.3, -0.25) is 4.79 Å². The van der Waals surface area contributed by atoms with Gasteiger partial charge in [0.25, 0.3) is 0 Å². The average Bonchev–Trinajstić information content (AvgIpc) is 2.84. The molecule has 7 atom stereocenters. The summed E-state index contributed by atoms with van der Waals surface area (Å²) in [5, 5.41) is 0. The molecule has 22 heavy (non-hydrogen) atoms. The molecule has 0 spiro atoms. The van der Waals surface area contributed by atoms with Crippen molar-refractivity contribution in [2.75, 3.05) is 0 Å². The first-order valence-corrected chi connectivity index (χ1v) is 9.97. The van der Waals surface area contributed by atoms with Gasteiger partial charge in [-0.25, -0.2) is 0 Å². The summed E-state index contributed by atoms with van der Waals surface area (Å²) < 4.78 is 0. The van der Waals surface area contributed by atoms with Crippen molar-refractivity contribution in [1.82, 2.24) is 0 Å². The Morgan fingerprint density at radius 2 is 1.59 bits per heavy atom. The van der Waals surface area contributed by atoms with Gasteiger partial charge in [-0.05, 0) is 92.8 Å². The van der Waals surface area contributed by atoms with Gasteiger partial charge in [0.1, 0.15) is 5.78 Å². The summed E-state index contributed by atoms with van der Waals surface area (Å²) >= 11 is 0. The molecule has 0 aliphatic heterocycles. The Kier molecular flexibility index (Phi) is 3.51. The van der Waals surface area contributed by atoms with Crippen LogP contribution in [0, 0.1) is 40.4 Å². The second kappa shape index (κ2) is 5.08. The van der Waals surface area contributed by atoms with Crippen molar-refractivity contribution in [2.24, 2.45) is 40.4 Å². The highest BCUT2D eigenvalue weighted by Crippen LogP contribution is 2.67. The Hall–Kier alpha value is -0.330. The summed E-state index contributed by atoms with van der Waals surface area (Å²) in [6.07, 6.45) is 14.1. The van der Waals surface area contributed by atoms with Gasteiger partial charge in [-0.1, -0.05) is 26.7 Å². The summed E-state index contributed by atoms with van der Waals surface area (Å²) in [7, 11) is 0. The van der Waals surface area contributed by atoms with Gasteiger partial charge in [0.05, 0.1) is 0 Å². The molecule has 124 valence electrons.